The van der Waals surface area contributed by atoms with E-state index in [1.54, 1.807) is 37.5 Å². The Hall–Kier alpha value is -3.28. The van der Waals surface area contributed by atoms with Crippen molar-refractivity contribution in [1.29, 1.82) is 0 Å². The summed E-state index contributed by atoms with van der Waals surface area (Å²) in [6.45, 7) is 1.85. The monoisotopic (exact) mass is 332 g/mol. The van der Waals surface area contributed by atoms with Crippen molar-refractivity contribution in [3.05, 3.63) is 72.2 Å². The predicted octanol–water partition coefficient (Wildman–Crippen LogP) is 2.60. The number of hydrogen-bond acceptors (Lipinski definition) is 4. The van der Waals surface area contributed by atoms with Gasteiger partial charge in [0.1, 0.15) is 0 Å². The van der Waals surface area contributed by atoms with Crippen LogP contribution in [-0.2, 0) is 16.9 Å². The molecule has 0 bridgehead atoms. The molecule has 6 nitrogen and oxygen atoms in total. The van der Waals surface area contributed by atoms with Crippen LogP contribution in [0.1, 0.15) is 18.2 Å². The predicted molar refractivity (Wildman–Crippen MR) is 92.4 cm³/mol. The molecule has 0 saturated carbocycles. The van der Waals surface area contributed by atoms with E-state index in [9.17, 15) is 9.59 Å². The summed E-state index contributed by atoms with van der Waals surface area (Å²) in [7, 11) is 0. The third-order valence-corrected chi connectivity index (χ3v) is 4.50. The molecule has 3 heterocycles. The number of carbonyl (C=O) groups excluding carboxylic acids is 2. The molecule has 1 aliphatic rings. The lowest BCUT2D eigenvalue weighted by Crippen LogP contribution is -2.41. The lowest BCUT2D eigenvalue weighted by atomic mass is 9.97. The van der Waals surface area contributed by atoms with Crippen molar-refractivity contribution in [2.75, 3.05) is 0 Å². The number of para-hydroxylation sites is 1. The third-order valence-electron chi connectivity index (χ3n) is 4.50. The molecule has 2 aromatic heterocycles. The highest BCUT2D eigenvalue weighted by Gasteiger charge is 2.49. The molecule has 6 heteroatoms. The van der Waals surface area contributed by atoms with Crippen LogP contribution in [0.5, 0.6) is 0 Å². The third kappa shape index (κ3) is 2.42. The normalized spacial score (nSPS) is 20.1. The van der Waals surface area contributed by atoms with E-state index >= 15 is 0 Å². The second kappa shape index (κ2) is 5.66. The number of nitrogens with zero attached hydrogens (tertiary/aromatic N) is 3. The minimum Gasteiger partial charge on any atom is -0.318 e. The summed E-state index contributed by atoms with van der Waals surface area (Å²) in [5, 5.41) is 3.74. The number of nitrogens with one attached hydrogen (secondary N) is 1. The molecule has 3 aromatic rings. The number of pyridine rings is 2. The van der Waals surface area contributed by atoms with E-state index < -0.39 is 11.6 Å². The Morgan fingerprint density at radius 1 is 1.00 bits per heavy atom. The van der Waals surface area contributed by atoms with Crippen molar-refractivity contribution in [3.8, 4) is 0 Å². The molecule has 4 rings (SSSR count). The minimum atomic E-state index is -1.16. The van der Waals surface area contributed by atoms with Gasteiger partial charge in [-0.3, -0.25) is 19.7 Å². The number of imide groups is 1. The maximum atomic E-state index is 13.0. The van der Waals surface area contributed by atoms with Crippen LogP contribution in [0.3, 0.4) is 0 Å². The van der Waals surface area contributed by atoms with E-state index in [0.717, 1.165) is 16.5 Å². The van der Waals surface area contributed by atoms with Gasteiger partial charge in [0.15, 0.2) is 5.54 Å². The first-order valence-corrected chi connectivity index (χ1v) is 7.98. The van der Waals surface area contributed by atoms with Gasteiger partial charge in [-0.1, -0.05) is 30.3 Å². The Bertz CT molecular complexity index is 968. The van der Waals surface area contributed by atoms with Crippen molar-refractivity contribution in [2.24, 2.45) is 0 Å². The van der Waals surface area contributed by atoms with E-state index in [4.69, 9.17) is 0 Å². The molecule has 1 saturated heterocycles. The topological polar surface area (TPSA) is 75.2 Å². The Morgan fingerprint density at radius 3 is 2.60 bits per heavy atom. The zero-order valence-corrected chi connectivity index (χ0v) is 13.6. The zero-order valence-electron chi connectivity index (χ0n) is 13.6. The zero-order chi connectivity index (χ0) is 17.4. The summed E-state index contributed by atoms with van der Waals surface area (Å²) in [5.74, 6) is -0.316. The van der Waals surface area contributed by atoms with Crippen LogP contribution in [0, 0.1) is 0 Å². The summed E-state index contributed by atoms with van der Waals surface area (Å²) in [6.07, 6.45) is 3.31. The summed E-state index contributed by atoms with van der Waals surface area (Å²) in [6, 6.07) is 14.4. The summed E-state index contributed by atoms with van der Waals surface area (Å²) >= 11 is 0. The summed E-state index contributed by atoms with van der Waals surface area (Å²) < 4.78 is 0. The van der Waals surface area contributed by atoms with Gasteiger partial charge in [0.25, 0.3) is 5.91 Å². The first kappa shape index (κ1) is 15.3. The molecule has 1 N–H and O–H groups in total. The molecule has 1 aromatic carbocycles. The van der Waals surface area contributed by atoms with Gasteiger partial charge >= 0.3 is 6.03 Å². The fourth-order valence-corrected chi connectivity index (χ4v) is 3.14. The molecule has 0 spiro atoms. The Morgan fingerprint density at radius 2 is 1.80 bits per heavy atom. The minimum absolute atomic E-state index is 0.168. The highest BCUT2D eigenvalue weighted by molar-refractivity contribution is 6.07. The number of hydrogen-bond donors (Lipinski definition) is 1. The standard InChI is InChI=1S/C19H16N4O2/c1-19(15-9-2-3-10-20-15)17(24)23(18(25)22-19)12-14-7-4-6-13-8-5-11-21-16(13)14/h2-11H,12H2,1H3,(H,22,25)/t19-/m0/s1. The van der Waals surface area contributed by atoms with Gasteiger partial charge in [-0.2, -0.15) is 0 Å². The quantitative estimate of drug-likeness (QED) is 0.748. The molecular weight excluding hydrogens is 316 g/mol. The first-order chi connectivity index (χ1) is 12.1. The van der Waals surface area contributed by atoms with Crippen molar-refractivity contribution >= 4 is 22.8 Å². The highest BCUT2D eigenvalue weighted by Crippen LogP contribution is 2.29. The number of fused-ring (bicyclic) bond motifs is 1. The van der Waals surface area contributed by atoms with Crippen LogP contribution >= 0.6 is 0 Å². The molecule has 0 aliphatic carbocycles. The first-order valence-electron chi connectivity index (χ1n) is 7.98. The van der Waals surface area contributed by atoms with Crippen LogP contribution in [0.15, 0.2) is 60.9 Å². The fraction of sp³-hybridized carbons (Fsp3) is 0.158. The van der Waals surface area contributed by atoms with Crippen LogP contribution in [0.2, 0.25) is 0 Å². The number of rotatable bonds is 3. The van der Waals surface area contributed by atoms with Gasteiger partial charge in [-0.25, -0.2) is 4.79 Å². The lowest BCUT2D eigenvalue weighted by Gasteiger charge is -2.21. The molecule has 1 fully saturated rings. The van der Waals surface area contributed by atoms with Gasteiger partial charge in [0.2, 0.25) is 0 Å². The molecular formula is C19H16N4O2. The largest absolute Gasteiger partial charge is 0.325 e. The van der Waals surface area contributed by atoms with Crippen LogP contribution < -0.4 is 5.32 Å². The molecule has 0 radical (unpaired) electrons. The number of benzene rings is 1. The fourth-order valence-electron chi connectivity index (χ4n) is 3.14. The van der Waals surface area contributed by atoms with Gasteiger partial charge in [-0.05, 0) is 30.7 Å². The maximum absolute atomic E-state index is 13.0. The van der Waals surface area contributed by atoms with Gasteiger partial charge in [-0.15, -0.1) is 0 Å². The molecule has 3 amide bonds. The van der Waals surface area contributed by atoms with Gasteiger partial charge in [0.05, 0.1) is 17.8 Å². The van der Waals surface area contributed by atoms with Gasteiger partial charge < -0.3 is 5.32 Å². The SMILES string of the molecule is C[C@@]1(c2ccccn2)NC(=O)N(Cc2cccc3cccnc23)C1=O. The van der Waals surface area contributed by atoms with E-state index in [-0.39, 0.29) is 12.5 Å². The van der Waals surface area contributed by atoms with Crippen molar-refractivity contribution in [3.63, 3.8) is 0 Å². The van der Waals surface area contributed by atoms with Crippen molar-refractivity contribution in [1.82, 2.24) is 20.2 Å². The molecule has 0 unspecified atom stereocenters. The average Bonchev–Trinajstić information content (AvgIpc) is 2.87. The average molecular weight is 332 g/mol. The molecule has 1 atom stereocenters. The molecule has 124 valence electrons. The van der Waals surface area contributed by atoms with Crippen molar-refractivity contribution < 1.29 is 9.59 Å². The van der Waals surface area contributed by atoms with E-state index in [1.807, 2.05) is 30.3 Å². The Labute approximate surface area is 144 Å². The summed E-state index contributed by atoms with van der Waals surface area (Å²) in [4.78, 5) is 35.3. The van der Waals surface area contributed by atoms with E-state index in [1.165, 1.54) is 4.90 Å². The van der Waals surface area contributed by atoms with Crippen LogP contribution in [0.25, 0.3) is 10.9 Å². The van der Waals surface area contributed by atoms with E-state index in [0.29, 0.717) is 5.69 Å². The van der Waals surface area contributed by atoms with Crippen molar-refractivity contribution in [2.45, 2.75) is 19.0 Å². The molecule has 1 aliphatic heterocycles. The molecule has 25 heavy (non-hydrogen) atoms. The van der Waals surface area contributed by atoms with Crippen LogP contribution in [-0.4, -0.2) is 26.8 Å². The number of aromatic nitrogens is 2. The second-order valence-corrected chi connectivity index (χ2v) is 6.15. The second-order valence-electron chi connectivity index (χ2n) is 6.15. The van der Waals surface area contributed by atoms with E-state index in [2.05, 4.69) is 15.3 Å². The Balaban J connectivity index is 1.70. The Kier molecular flexibility index (Phi) is 3.46. The highest BCUT2D eigenvalue weighted by atomic mass is 16.2. The smallest absolute Gasteiger partial charge is 0.318 e. The number of carbonyl (C=O) groups is 2. The van der Waals surface area contributed by atoms with Crippen LogP contribution in [0.4, 0.5) is 4.79 Å². The lowest BCUT2D eigenvalue weighted by molar-refractivity contribution is -0.131. The maximum Gasteiger partial charge on any atom is 0.325 e. The number of urea groups is 1. The summed E-state index contributed by atoms with van der Waals surface area (Å²) in [5.41, 5.74) is 0.979. The number of amides is 3. The van der Waals surface area contributed by atoms with Gasteiger partial charge in [0, 0.05) is 17.8 Å².